The van der Waals surface area contributed by atoms with E-state index in [0.29, 0.717) is 17.8 Å². The summed E-state index contributed by atoms with van der Waals surface area (Å²) >= 11 is 0. The number of hydrogen-bond donors (Lipinski definition) is 0. The lowest BCUT2D eigenvalue weighted by Crippen LogP contribution is -2.48. The first-order valence-corrected chi connectivity index (χ1v) is 8.22. The van der Waals surface area contributed by atoms with Crippen LogP contribution in [0.2, 0.25) is 0 Å². The van der Waals surface area contributed by atoms with E-state index in [2.05, 4.69) is 5.10 Å². The van der Waals surface area contributed by atoms with Crippen molar-refractivity contribution in [2.75, 3.05) is 26.2 Å². The maximum atomic E-state index is 13.8. The van der Waals surface area contributed by atoms with Gasteiger partial charge in [0.05, 0.1) is 0 Å². The summed E-state index contributed by atoms with van der Waals surface area (Å²) in [4.78, 5) is 15.7. The summed E-state index contributed by atoms with van der Waals surface area (Å²) in [5, 5.41) is 3.66. The van der Waals surface area contributed by atoms with Crippen molar-refractivity contribution < 1.29 is 26.7 Å². The molecule has 1 aromatic carbocycles. The van der Waals surface area contributed by atoms with Gasteiger partial charge in [0.25, 0.3) is 5.91 Å². The fourth-order valence-electron chi connectivity index (χ4n) is 3.02. The molecular weight excluding hydrogens is 371 g/mol. The Bertz CT molecular complexity index is 840. The highest BCUT2D eigenvalue weighted by Crippen LogP contribution is 2.29. The molecule has 146 valence electrons. The number of carbonyl (C=O) groups is 1. The monoisotopic (exact) mass is 388 g/mol. The third-order valence-electron chi connectivity index (χ3n) is 4.47. The number of rotatable bonds is 3. The van der Waals surface area contributed by atoms with Gasteiger partial charge < -0.3 is 4.90 Å². The lowest BCUT2D eigenvalue weighted by molar-refractivity contribution is -0.143. The van der Waals surface area contributed by atoms with Crippen molar-refractivity contribution in [2.45, 2.75) is 12.7 Å². The number of halogens is 5. The van der Waals surface area contributed by atoms with E-state index in [4.69, 9.17) is 0 Å². The molecule has 0 atom stereocenters. The van der Waals surface area contributed by atoms with Gasteiger partial charge in [-0.1, -0.05) is 12.1 Å². The molecule has 1 aromatic heterocycles. The van der Waals surface area contributed by atoms with Crippen molar-refractivity contribution in [2.24, 2.45) is 7.05 Å². The van der Waals surface area contributed by atoms with Gasteiger partial charge in [-0.3, -0.25) is 14.4 Å². The van der Waals surface area contributed by atoms with Crippen LogP contribution >= 0.6 is 0 Å². The second kappa shape index (κ2) is 7.26. The lowest BCUT2D eigenvalue weighted by Gasteiger charge is -2.34. The summed E-state index contributed by atoms with van der Waals surface area (Å²) in [5.41, 5.74) is -1.05. The molecule has 27 heavy (non-hydrogen) atoms. The van der Waals surface area contributed by atoms with Gasteiger partial charge in [0.2, 0.25) is 0 Å². The molecular formula is C17H17F5N4O. The van der Waals surface area contributed by atoms with Gasteiger partial charge in [-0.2, -0.15) is 18.3 Å². The van der Waals surface area contributed by atoms with Crippen molar-refractivity contribution in [1.29, 1.82) is 0 Å². The average molecular weight is 388 g/mol. The Labute approximate surface area is 152 Å². The van der Waals surface area contributed by atoms with Crippen LogP contribution in [0, 0.1) is 11.6 Å². The van der Waals surface area contributed by atoms with E-state index in [0.717, 1.165) is 19.2 Å². The Balaban J connectivity index is 1.62. The minimum absolute atomic E-state index is 0.188. The predicted molar refractivity (Wildman–Crippen MR) is 85.7 cm³/mol. The molecule has 0 unspecified atom stereocenters. The Morgan fingerprint density at radius 2 is 1.81 bits per heavy atom. The number of alkyl halides is 3. The predicted octanol–water partition coefficient (Wildman–Crippen LogP) is 2.68. The van der Waals surface area contributed by atoms with Crippen molar-refractivity contribution in [3.05, 3.63) is 52.9 Å². The fraction of sp³-hybridized carbons (Fsp3) is 0.412. The first-order valence-electron chi connectivity index (χ1n) is 8.22. The van der Waals surface area contributed by atoms with Gasteiger partial charge >= 0.3 is 6.18 Å². The maximum absolute atomic E-state index is 13.8. The second-order valence-electron chi connectivity index (χ2n) is 6.32. The molecule has 10 heteroatoms. The summed E-state index contributed by atoms with van der Waals surface area (Å²) in [7, 11) is 1.13. The van der Waals surface area contributed by atoms with Crippen LogP contribution in [0.4, 0.5) is 22.0 Å². The number of aromatic nitrogens is 2. The Morgan fingerprint density at radius 3 is 2.41 bits per heavy atom. The topological polar surface area (TPSA) is 41.4 Å². The summed E-state index contributed by atoms with van der Waals surface area (Å²) in [6.45, 7) is 1.48. The standard InChI is InChI=1S/C17H17F5N4O/c1-24-14(17(20,21)22)9-13(23-24)16(27)26-7-5-25(6-8-26)10-11-3-2-4-12(18)15(11)19/h2-4,9H,5-8,10H2,1H3. The van der Waals surface area contributed by atoms with Crippen LogP contribution in [-0.4, -0.2) is 51.7 Å². The van der Waals surface area contributed by atoms with Gasteiger partial charge in [0.1, 0.15) is 5.69 Å². The van der Waals surface area contributed by atoms with Crippen LogP contribution in [0.3, 0.4) is 0 Å². The molecule has 0 bridgehead atoms. The zero-order valence-electron chi connectivity index (χ0n) is 14.4. The molecule has 1 saturated heterocycles. The third-order valence-corrected chi connectivity index (χ3v) is 4.47. The van der Waals surface area contributed by atoms with Crippen LogP contribution in [0.1, 0.15) is 21.7 Å². The SMILES string of the molecule is Cn1nc(C(=O)N2CCN(Cc3cccc(F)c3F)CC2)cc1C(F)(F)F. The van der Waals surface area contributed by atoms with Gasteiger partial charge in [0.15, 0.2) is 17.3 Å². The third kappa shape index (κ3) is 4.10. The molecule has 2 aromatic rings. The number of amides is 1. The molecule has 1 aliphatic heterocycles. The molecule has 0 N–H and O–H groups in total. The molecule has 2 heterocycles. The normalized spacial score (nSPS) is 16.0. The van der Waals surface area contributed by atoms with E-state index in [9.17, 15) is 26.7 Å². The highest BCUT2D eigenvalue weighted by molar-refractivity contribution is 5.92. The molecule has 1 fully saturated rings. The minimum atomic E-state index is -4.59. The molecule has 0 saturated carbocycles. The molecule has 0 radical (unpaired) electrons. The number of nitrogens with zero attached hydrogens (tertiary/aromatic N) is 4. The number of benzene rings is 1. The zero-order valence-corrected chi connectivity index (χ0v) is 14.4. The quantitative estimate of drug-likeness (QED) is 0.760. The van der Waals surface area contributed by atoms with E-state index in [-0.39, 0.29) is 30.9 Å². The highest BCUT2D eigenvalue weighted by atomic mass is 19.4. The minimum Gasteiger partial charge on any atom is -0.335 e. The Morgan fingerprint density at radius 1 is 1.15 bits per heavy atom. The van der Waals surface area contributed by atoms with Gasteiger partial charge in [-0.15, -0.1) is 0 Å². The Hall–Kier alpha value is -2.49. The molecule has 0 spiro atoms. The summed E-state index contributed by atoms with van der Waals surface area (Å²) in [6, 6.07) is 4.68. The van der Waals surface area contributed by atoms with Crippen LogP contribution in [-0.2, 0) is 19.8 Å². The molecule has 0 aliphatic carbocycles. The van der Waals surface area contributed by atoms with Crippen molar-refractivity contribution in [1.82, 2.24) is 19.6 Å². The van der Waals surface area contributed by atoms with E-state index in [1.165, 1.54) is 17.0 Å². The van der Waals surface area contributed by atoms with Crippen molar-refractivity contribution in [3.8, 4) is 0 Å². The van der Waals surface area contributed by atoms with Gasteiger partial charge in [-0.05, 0) is 6.07 Å². The van der Waals surface area contributed by atoms with Crippen LogP contribution in [0.25, 0.3) is 0 Å². The first kappa shape index (κ1) is 19.3. The summed E-state index contributed by atoms with van der Waals surface area (Å²) < 4.78 is 66.2. The van der Waals surface area contributed by atoms with Crippen LogP contribution < -0.4 is 0 Å². The average Bonchev–Trinajstić information content (AvgIpc) is 3.01. The molecule has 1 aliphatic rings. The van der Waals surface area contributed by atoms with E-state index in [1.807, 2.05) is 4.90 Å². The van der Waals surface area contributed by atoms with Crippen molar-refractivity contribution in [3.63, 3.8) is 0 Å². The summed E-state index contributed by atoms with van der Waals surface area (Å²) in [5.74, 6) is -2.40. The second-order valence-corrected chi connectivity index (χ2v) is 6.32. The molecule has 3 rings (SSSR count). The van der Waals surface area contributed by atoms with Gasteiger partial charge in [-0.25, -0.2) is 8.78 Å². The number of hydrogen-bond acceptors (Lipinski definition) is 3. The highest BCUT2D eigenvalue weighted by Gasteiger charge is 2.36. The van der Waals surface area contributed by atoms with E-state index in [1.54, 1.807) is 0 Å². The number of piperazine rings is 1. The van der Waals surface area contributed by atoms with Crippen LogP contribution in [0.15, 0.2) is 24.3 Å². The van der Waals surface area contributed by atoms with Gasteiger partial charge in [0, 0.05) is 51.4 Å². The largest absolute Gasteiger partial charge is 0.433 e. The van der Waals surface area contributed by atoms with Crippen LogP contribution in [0.5, 0.6) is 0 Å². The lowest BCUT2D eigenvalue weighted by atomic mass is 10.1. The zero-order chi connectivity index (χ0) is 19.8. The number of carbonyl (C=O) groups excluding carboxylic acids is 1. The van der Waals surface area contributed by atoms with E-state index >= 15 is 0 Å². The first-order chi connectivity index (χ1) is 12.7. The smallest absolute Gasteiger partial charge is 0.335 e. The molecule has 1 amide bonds. The van der Waals surface area contributed by atoms with E-state index < -0.39 is 29.4 Å². The summed E-state index contributed by atoms with van der Waals surface area (Å²) in [6.07, 6.45) is -4.59. The maximum Gasteiger partial charge on any atom is 0.433 e. The Kier molecular flexibility index (Phi) is 5.18. The molecule has 5 nitrogen and oxygen atoms in total. The van der Waals surface area contributed by atoms with Crippen molar-refractivity contribution >= 4 is 5.91 Å². The fourth-order valence-corrected chi connectivity index (χ4v) is 3.02. The number of aryl methyl sites for hydroxylation is 1.